The number of hydrogen-bond donors (Lipinski definition) is 3. The van der Waals surface area contributed by atoms with E-state index in [1.54, 1.807) is 51.1 Å². The lowest BCUT2D eigenvalue weighted by Gasteiger charge is -2.27. The highest BCUT2D eigenvalue weighted by Gasteiger charge is 2.46. The number of aliphatic hydroxyl groups excluding tert-OH is 1. The quantitative estimate of drug-likeness (QED) is 0.506. The van der Waals surface area contributed by atoms with Crippen LogP contribution in [0.15, 0.2) is 42.5 Å². The van der Waals surface area contributed by atoms with Crippen LogP contribution in [0.4, 0.5) is 14.9 Å². The molecule has 8 nitrogen and oxygen atoms in total. The number of urea groups is 1. The lowest BCUT2D eigenvalue weighted by atomic mass is 10.00. The molecule has 1 unspecified atom stereocenters. The van der Waals surface area contributed by atoms with Gasteiger partial charge in [0.25, 0.3) is 5.91 Å². The van der Waals surface area contributed by atoms with Gasteiger partial charge in [-0.15, -0.1) is 0 Å². The fourth-order valence-corrected chi connectivity index (χ4v) is 3.55. The number of carbonyl (C=O) groups is 3. The molecule has 0 saturated carbocycles. The predicted octanol–water partition coefficient (Wildman–Crippen LogP) is 3.79. The van der Waals surface area contributed by atoms with Crippen molar-refractivity contribution >= 4 is 23.5 Å². The van der Waals surface area contributed by atoms with Crippen LogP contribution >= 0.6 is 0 Å². The number of imide groups is 1. The minimum atomic E-state index is -1.12. The fourth-order valence-electron chi connectivity index (χ4n) is 3.55. The zero-order valence-corrected chi connectivity index (χ0v) is 20.1. The average molecular weight is 474 g/mol. The summed E-state index contributed by atoms with van der Waals surface area (Å²) in [6, 6.07) is 8.11. The molecule has 0 spiro atoms. The lowest BCUT2D eigenvalue weighted by Crippen LogP contribution is -2.50. The summed E-state index contributed by atoms with van der Waals surface area (Å²) in [5.74, 6) is -1.72. The Morgan fingerprint density at radius 3 is 2.38 bits per heavy atom. The first kappa shape index (κ1) is 26.8. The van der Waals surface area contributed by atoms with E-state index in [0.717, 1.165) is 4.90 Å². The van der Waals surface area contributed by atoms with Crippen molar-refractivity contribution < 1.29 is 28.6 Å². The van der Waals surface area contributed by atoms with E-state index in [1.165, 1.54) is 12.1 Å². The Morgan fingerprint density at radius 2 is 1.82 bits per heavy atom. The molecule has 0 radical (unpaired) electrons. The normalized spacial score (nSPS) is 16.0. The number of ether oxygens (including phenoxy) is 1. The number of nitrogens with one attached hydrogen (secondary N) is 2. The highest BCUT2D eigenvalue weighted by Crippen LogP contribution is 2.28. The molecule has 1 aliphatic heterocycles. The summed E-state index contributed by atoms with van der Waals surface area (Å²) in [7, 11) is 0. The van der Waals surface area contributed by atoms with Gasteiger partial charge < -0.3 is 20.5 Å². The van der Waals surface area contributed by atoms with Crippen LogP contribution < -0.4 is 15.4 Å². The van der Waals surface area contributed by atoms with E-state index in [4.69, 9.17) is 9.84 Å². The van der Waals surface area contributed by atoms with Crippen LogP contribution in [0.5, 0.6) is 5.75 Å². The molecule has 3 N–H and O–H groups in total. The molecule has 3 rings (SSSR count). The topological polar surface area (TPSA) is 108 Å². The third-order valence-electron chi connectivity index (χ3n) is 5.11. The number of carbonyl (C=O) groups excluding carboxylic acids is 3. The Balaban J connectivity index is 0.00000199. The van der Waals surface area contributed by atoms with Gasteiger partial charge in [0.2, 0.25) is 5.91 Å². The van der Waals surface area contributed by atoms with Crippen molar-refractivity contribution in [1.82, 2.24) is 10.2 Å². The number of rotatable bonds is 8. The van der Waals surface area contributed by atoms with Crippen LogP contribution in [-0.4, -0.2) is 47.1 Å². The zero-order chi connectivity index (χ0) is 25.4. The van der Waals surface area contributed by atoms with Gasteiger partial charge in [0.1, 0.15) is 30.3 Å². The van der Waals surface area contributed by atoms with Crippen molar-refractivity contribution in [1.29, 1.82) is 0 Å². The molecule has 2 atom stereocenters. The van der Waals surface area contributed by atoms with Gasteiger partial charge in [-0.05, 0) is 48.2 Å². The Morgan fingerprint density at radius 1 is 1.18 bits per heavy atom. The van der Waals surface area contributed by atoms with Crippen LogP contribution in [0.2, 0.25) is 0 Å². The molecule has 34 heavy (non-hydrogen) atoms. The fraction of sp³-hybridized carbons (Fsp3) is 0.400. The van der Waals surface area contributed by atoms with Crippen molar-refractivity contribution in [3.05, 3.63) is 59.4 Å². The highest BCUT2D eigenvalue weighted by molar-refractivity contribution is 6.09. The molecule has 184 valence electrons. The third-order valence-corrected chi connectivity index (χ3v) is 5.11. The minimum Gasteiger partial charge on any atom is -0.491 e. The van der Waals surface area contributed by atoms with Crippen LogP contribution in [0.3, 0.4) is 0 Å². The van der Waals surface area contributed by atoms with Gasteiger partial charge in [-0.1, -0.05) is 45.9 Å². The number of benzene rings is 2. The summed E-state index contributed by atoms with van der Waals surface area (Å²) in [6.07, 6.45) is 0. The number of amides is 4. The summed E-state index contributed by atoms with van der Waals surface area (Å²) >= 11 is 0. The zero-order valence-electron chi connectivity index (χ0n) is 20.1. The van der Waals surface area contributed by atoms with Crippen molar-refractivity contribution in [2.24, 2.45) is 5.92 Å². The number of nitrogens with zero attached hydrogens (tertiary/aromatic N) is 1. The number of aryl methyl sites for hydroxylation is 1. The van der Waals surface area contributed by atoms with Gasteiger partial charge in [-0.2, -0.15) is 0 Å². The van der Waals surface area contributed by atoms with E-state index in [2.05, 4.69) is 10.6 Å². The van der Waals surface area contributed by atoms with Gasteiger partial charge in [0, 0.05) is 0 Å². The van der Waals surface area contributed by atoms with E-state index in [0.29, 0.717) is 16.9 Å². The predicted molar refractivity (Wildman–Crippen MR) is 127 cm³/mol. The summed E-state index contributed by atoms with van der Waals surface area (Å²) in [6.45, 7) is 9.15. The molecule has 0 aliphatic carbocycles. The maximum absolute atomic E-state index is 14.2. The summed E-state index contributed by atoms with van der Waals surface area (Å²) in [5.41, 5.74) is 1.20. The van der Waals surface area contributed by atoms with Gasteiger partial charge in [-0.3, -0.25) is 9.59 Å². The summed E-state index contributed by atoms with van der Waals surface area (Å²) in [5, 5.41) is 13.9. The van der Waals surface area contributed by atoms with Crippen molar-refractivity contribution in [2.45, 2.75) is 46.7 Å². The SMILES string of the molecule is CC.Cc1ccc(NC(=O)C(C(C)C)N2C(=O)N[C@H](c3ccc(OCCO)cc3)C2=O)c(F)c1. The number of hydrogen-bond acceptors (Lipinski definition) is 5. The third kappa shape index (κ3) is 6.11. The molecule has 2 aromatic rings. The lowest BCUT2D eigenvalue weighted by molar-refractivity contribution is -0.135. The highest BCUT2D eigenvalue weighted by atomic mass is 19.1. The molecule has 4 amide bonds. The van der Waals surface area contributed by atoms with Gasteiger partial charge in [0.05, 0.1) is 12.3 Å². The van der Waals surface area contributed by atoms with E-state index >= 15 is 0 Å². The molecule has 1 saturated heterocycles. The number of aliphatic hydroxyl groups is 1. The van der Waals surface area contributed by atoms with Crippen LogP contribution in [0, 0.1) is 18.7 Å². The second-order valence-electron chi connectivity index (χ2n) is 7.89. The maximum Gasteiger partial charge on any atom is 0.325 e. The first-order valence-electron chi connectivity index (χ1n) is 11.3. The standard InChI is InChI=1S/C23H26FN3O5.C2H6/c1-13(2)20(21(29)25-18-9-4-14(3)12-17(18)24)27-22(30)19(26-23(27)31)15-5-7-16(8-6-15)32-11-10-28;1-2/h4-9,12-13,19-20,28H,10-11H2,1-3H3,(H,25,29)(H,26,31);1-2H3/t19-,20?;/m1./s1. The van der Waals surface area contributed by atoms with Crippen LogP contribution in [0.1, 0.15) is 44.9 Å². The Hall–Kier alpha value is -3.46. The summed E-state index contributed by atoms with van der Waals surface area (Å²) < 4.78 is 19.5. The van der Waals surface area contributed by atoms with Gasteiger partial charge >= 0.3 is 6.03 Å². The van der Waals surface area contributed by atoms with Crippen LogP contribution in [0.25, 0.3) is 0 Å². The Labute approximate surface area is 199 Å². The molecule has 2 aromatic carbocycles. The second kappa shape index (κ2) is 12.1. The molecule has 9 heteroatoms. The van der Waals surface area contributed by atoms with Crippen molar-refractivity contribution in [3.63, 3.8) is 0 Å². The van der Waals surface area contributed by atoms with E-state index in [-0.39, 0.29) is 18.9 Å². The van der Waals surface area contributed by atoms with E-state index < -0.39 is 41.7 Å². The van der Waals surface area contributed by atoms with Gasteiger partial charge in [-0.25, -0.2) is 14.1 Å². The minimum absolute atomic E-state index is 0.0201. The molecule has 1 heterocycles. The maximum atomic E-state index is 14.2. The number of anilines is 1. The largest absolute Gasteiger partial charge is 0.491 e. The van der Waals surface area contributed by atoms with Gasteiger partial charge in [0.15, 0.2) is 0 Å². The molecule has 1 fully saturated rings. The first-order chi connectivity index (χ1) is 16.2. The number of halogens is 1. The molecule has 0 aromatic heterocycles. The average Bonchev–Trinajstić information content (AvgIpc) is 3.10. The first-order valence-corrected chi connectivity index (χ1v) is 11.3. The molecule has 1 aliphatic rings. The monoisotopic (exact) mass is 473 g/mol. The second-order valence-corrected chi connectivity index (χ2v) is 7.89. The summed E-state index contributed by atoms with van der Waals surface area (Å²) in [4.78, 5) is 39.7. The molecular weight excluding hydrogens is 441 g/mol. The van der Waals surface area contributed by atoms with Crippen molar-refractivity contribution in [2.75, 3.05) is 18.5 Å². The smallest absolute Gasteiger partial charge is 0.325 e. The van der Waals surface area contributed by atoms with Crippen LogP contribution in [-0.2, 0) is 9.59 Å². The molecule has 0 bridgehead atoms. The van der Waals surface area contributed by atoms with E-state index in [1.807, 2.05) is 13.8 Å². The molecular formula is C25H32FN3O5. The Bertz CT molecular complexity index is 1010. The van der Waals surface area contributed by atoms with E-state index in [9.17, 15) is 18.8 Å². The Kier molecular flexibility index (Phi) is 9.56. The van der Waals surface area contributed by atoms with Crippen molar-refractivity contribution in [3.8, 4) is 5.75 Å².